The van der Waals surface area contributed by atoms with E-state index in [0.717, 1.165) is 8.79 Å². The Morgan fingerprint density at radius 3 is 2.56 bits per heavy atom. The Labute approximate surface area is 109 Å². The van der Waals surface area contributed by atoms with E-state index in [1.165, 1.54) is 0 Å². The van der Waals surface area contributed by atoms with E-state index in [1.807, 2.05) is 26.0 Å². The van der Waals surface area contributed by atoms with Crippen LogP contribution in [0.4, 0.5) is 5.00 Å². The zero-order chi connectivity index (χ0) is 12.3. The molecule has 0 aliphatic rings. The molecule has 0 saturated heterocycles. The third-order valence-electron chi connectivity index (χ3n) is 2.60. The highest BCUT2D eigenvalue weighted by molar-refractivity contribution is 9.11. The van der Waals surface area contributed by atoms with Crippen LogP contribution in [0.1, 0.15) is 13.8 Å². The van der Waals surface area contributed by atoms with Gasteiger partial charge in [0.2, 0.25) is 5.91 Å². The summed E-state index contributed by atoms with van der Waals surface area (Å²) in [5.41, 5.74) is 5.64. The van der Waals surface area contributed by atoms with Gasteiger partial charge in [-0.1, -0.05) is 13.8 Å². The summed E-state index contributed by atoms with van der Waals surface area (Å²) in [7, 11) is 1.80. The zero-order valence-electron chi connectivity index (χ0n) is 9.74. The summed E-state index contributed by atoms with van der Waals surface area (Å²) in [5.74, 6) is 0.251. The van der Waals surface area contributed by atoms with Crippen LogP contribution in [-0.2, 0) is 4.79 Å². The predicted octanol–water partition coefficient (Wildman–Crippen LogP) is 2.70. The average molecular weight is 305 g/mol. The van der Waals surface area contributed by atoms with Crippen LogP contribution in [0.2, 0.25) is 0 Å². The monoisotopic (exact) mass is 304 g/mol. The van der Waals surface area contributed by atoms with E-state index < -0.39 is 0 Å². The van der Waals surface area contributed by atoms with Crippen LogP contribution in [0, 0.1) is 11.8 Å². The molecule has 0 aliphatic carbocycles. The van der Waals surface area contributed by atoms with Crippen LogP contribution in [0.3, 0.4) is 0 Å². The molecule has 0 spiro atoms. The van der Waals surface area contributed by atoms with Crippen molar-refractivity contribution in [2.24, 2.45) is 17.6 Å². The number of hydrogen-bond donors (Lipinski definition) is 1. The lowest BCUT2D eigenvalue weighted by Gasteiger charge is -2.24. The molecule has 1 amide bonds. The summed E-state index contributed by atoms with van der Waals surface area (Å²) < 4.78 is 1.02. The van der Waals surface area contributed by atoms with Crippen LogP contribution in [0.25, 0.3) is 0 Å². The van der Waals surface area contributed by atoms with E-state index in [4.69, 9.17) is 5.73 Å². The Kier molecular flexibility index (Phi) is 4.95. The average Bonchev–Trinajstić information content (AvgIpc) is 2.64. The number of hydrogen-bond acceptors (Lipinski definition) is 3. The van der Waals surface area contributed by atoms with Gasteiger partial charge in [-0.05, 0) is 34.0 Å². The van der Waals surface area contributed by atoms with Crippen LogP contribution in [0.15, 0.2) is 15.9 Å². The van der Waals surface area contributed by atoms with Crippen molar-refractivity contribution in [3.8, 4) is 0 Å². The van der Waals surface area contributed by atoms with Crippen LogP contribution in [0.5, 0.6) is 0 Å². The largest absolute Gasteiger partial charge is 0.330 e. The number of halogens is 1. The van der Waals surface area contributed by atoms with Gasteiger partial charge in [0.25, 0.3) is 0 Å². The maximum absolute atomic E-state index is 12.2. The Hall–Kier alpha value is -0.390. The molecule has 90 valence electrons. The third-order valence-corrected chi connectivity index (χ3v) is 4.30. The van der Waals surface area contributed by atoms with Gasteiger partial charge in [-0.3, -0.25) is 4.79 Å². The zero-order valence-corrected chi connectivity index (χ0v) is 12.1. The first kappa shape index (κ1) is 13.7. The molecule has 0 radical (unpaired) electrons. The molecule has 1 unspecified atom stereocenters. The SMILES string of the molecule is CC(C)C(CN)C(=O)N(C)c1ccc(Br)s1. The fraction of sp³-hybridized carbons (Fsp3) is 0.545. The van der Waals surface area contributed by atoms with Gasteiger partial charge in [-0.25, -0.2) is 0 Å². The number of carbonyl (C=O) groups is 1. The Morgan fingerprint density at radius 1 is 1.56 bits per heavy atom. The van der Waals surface area contributed by atoms with Crippen molar-refractivity contribution >= 4 is 38.2 Å². The molecule has 1 heterocycles. The lowest BCUT2D eigenvalue weighted by Crippen LogP contribution is -2.39. The Bertz CT molecular complexity index is 365. The summed E-state index contributed by atoms with van der Waals surface area (Å²) in [6, 6.07) is 3.87. The third kappa shape index (κ3) is 3.06. The van der Waals surface area contributed by atoms with E-state index in [-0.39, 0.29) is 17.7 Å². The fourth-order valence-corrected chi connectivity index (χ4v) is 2.83. The number of carbonyl (C=O) groups excluding carboxylic acids is 1. The van der Waals surface area contributed by atoms with Gasteiger partial charge in [-0.15, -0.1) is 11.3 Å². The molecule has 16 heavy (non-hydrogen) atoms. The van der Waals surface area contributed by atoms with Gasteiger partial charge in [0.15, 0.2) is 0 Å². The maximum atomic E-state index is 12.2. The van der Waals surface area contributed by atoms with Crippen molar-refractivity contribution in [2.45, 2.75) is 13.8 Å². The molecule has 0 bridgehead atoms. The standard InChI is InChI=1S/C11H17BrN2OS/c1-7(2)8(6-13)11(15)14(3)10-5-4-9(12)16-10/h4-5,7-8H,6,13H2,1-3H3. The van der Waals surface area contributed by atoms with Crippen LogP contribution >= 0.6 is 27.3 Å². The molecule has 3 nitrogen and oxygen atoms in total. The summed E-state index contributed by atoms with van der Waals surface area (Å²) in [4.78, 5) is 13.9. The Morgan fingerprint density at radius 2 is 2.19 bits per heavy atom. The molecular formula is C11H17BrN2OS. The minimum Gasteiger partial charge on any atom is -0.330 e. The van der Waals surface area contributed by atoms with E-state index in [9.17, 15) is 4.79 Å². The number of anilines is 1. The number of nitrogens with zero attached hydrogens (tertiary/aromatic N) is 1. The molecule has 1 aromatic heterocycles. The van der Waals surface area contributed by atoms with Crippen molar-refractivity contribution in [1.29, 1.82) is 0 Å². The second-order valence-electron chi connectivity index (χ2n) is 4.06. The maximum Gasteiger partial charge on any atom is 0.231 e. The molecule has 2 N–H and O–H groups in total. The number of thiophene rings is 1. The number of rotatable bonds is 4. The van der Waals surface area contributed by atoms with Gasteiger partial charge in [-0.2, -0.15) is 0 Å². The molecule has 1 atom stereocenters. The van der Waals surface area contributed by atoms with E-state index in [1.54, 1.807) is 23.3 Å². The second kappa shape index (κ2) is 5.80. The van der Waals surface area contributed by atoms with Gasteiger partial charge in [0.1, 0.15) is 0 Å². The first-order valence-electron chi connectivity index (χ1n) is 5.20. The fourth-order valence-electron chi connectivity index (χ4n) is 1.50. The van der Waals surface area contributed by atoms with Gasteiger partial charge >= 0.3 is 0 Å². The van der Waals surface area contributed by atoms with Crippen LogP contribution in [-0.4, -0.2) is 19.5 Å². The second-order valence-corrected chi connectivity index (χ2v) is 6.50. The number of nitrogens with two attached hydrogens (primary N) is 1. The van der Waals surface area contributed by atoms with E-state index in [2.05, 4.69) is 15.9 Å². The van der Waals surface area contributed by atoms with Gasteiger partial charge in [0.05, 0.1) is 14.7 Å². The summed E-state index contributed by atoms with van der Waals surface area (Å²) in [6.07, 6.45) is 0. The molecule has 0 saturated carbocycles. The summed E-state index contributed by atoms with van der Waals surface area (Å²) >= 11 is 4.93. The molecule has 0 fully saturated rings. The molecule has 5 heteroatoms. The van der Waals surface area contributed by atoms with Crippen molar-refractivity contribution in [3.05, 3.63) is 15.9 Å². The van der Waals surface area contributed by atoms with Gasteiger partial charge in [0, 0.05) is 13.6 Å². The van der Waals surface area contributed by atoms with Crippen molar-refractivity contribution in [2.75, 3.05) is 18.5 Å². The number of amides is 1. The molecule has 1 rings (SSSR count). The lowest BCUT2D eigenvalue weighted by molar-refractivity contribution is -0.123. The van der Waals surface area contributed by atoms with Crippen LogP contribution < -0.4 is 10.6 Å². The first-order valence-corrected chi connectivity index (χ1v) is 6.81. The highest BCUT2D eigenvalue weighted by atomic mass is 79.9. The van der Waals surface area contributed by atoms with E-state index >= 15 is 0 Å². The molecule has 0 aliphatic heterocycles. The normalized spacial score (nSPS) is 12.9. The Balaban J connectivity index is 2.81. The molecular weight excluding hydrogens is 288 g/mol. The molecule has 1 aromatic rings. The minimum atomic E-state index is -0.106. The van der Waals surface area contributed by atoms with Gasteiger partial charge < -0.3 is 10.6 Å². The smallest absolute Gasteiger partial charge is 0.231 e. The van der Waals surface area contributed by atoms with Crippen molar-refractivity contribution < 1.29 is 4.79 Å². The predicted molar refractivity (Wildman–Crippen MR) is 72.8 cm³/mol. The first-order chi connectivity index (χ1) is 7.47. The highest BCUT2D eigenvalue weighted by Crippen LogP contribution is 2.30. The quantitative estimate of drug-likeness (QED) is 0.929. The highest BCUT2D eigenvalue weighted by Gasteiger charge is 2.25. The van der Waals surface area contributed by atoms with Crippen molar-refractivity contribution in [3.63, 3.8) is 0 Å². The van der Waals surface area contributed by atoms with Crippen molar-refractivity contribution in [1.82, 2.24) is 0 Å². The summed E-state index contributed by atoms with van der Waals surface area (Å²) in [6.45, 7) is 4.44. The molecule has 0 aromatic carbocycles. The lowest BCUT2D eigenvalue weighted by atomic mass is 9.95. The topological polar surface area (TPSA) is 46.3 Å². The van der Waals surface area contributed by atoms with E-state index in [0.29, 0.717) is 6.54 Å². The minimum absolute atomic E-state index is 0.0897. The summed E-state index contributed by atoms with van der Waals surface area (Å²) in [5, 5.41) is 0.941.